The number of halogens is 1. The lowest BCUT2D eigenvalue weighted by molar-refractivity contribution is 0.170. The molecule has 4 nitrogen and oxygen atoms in total. The van der Waals surface area contributed by atoms with E-state index in [1.807, 2.05) is 18.2 Å². The quantitative estimate of drug-likeness (QED) is 0.555. The number of rotatable bonds is 9. The predicted molar refractivity (Wildman–Crippen MR) is 122 cm³/mol. The minimum atomic E-state index is 0.721. The summed E-state index contributed by atoms with van der Waals surface area (Å²) in [5.41, 5.74) is 8.49. The van der Waals surface area contributed by atoms with Crippen LogP contribution in [0.15, 0.2) is 46.9 Å². The molecule has 0 bridgehead atoms. The molecule has 2 aromatic carbocycles. The first kappa shape index (κ1) is 22.1. The molecule has 0 atom stereocenters. The second-order valence-corrected chi connectivity index (χ2v) is 8.96. The van der Waals surface area contributed by atoms with Gasteiger partial charge in [0.15, 0.2) is 0 Å². The van der Waals surface area contributed by atoms with Gasteiger partial charge in [0.1, 0.15) is 11.5 Å². The van der Waals surface area contributed by atoms with Crippen molar-refractivity contribution in [2.24, 2.45) is 17.6 Å². The second-order valence-electron chi connectivity index (χ2n) is 8.11. The molecule has 3 rings (SSSR count). The summed E-state index contributed by atoms with van der Waals surface area (Å²) in [7, 11) is 3.41. The third kappa shape index (κ3) is 6.46. The summed E-state index contributed by atoms with van der Waals surface area (Å²) in [6.07, 6.45) is 5.11. The van der Waals surface area contributed by atoms with Crippen molar-refractivity contribution in [2.75, 3.05) is 27.3 Å². The molecule has 0 unspecified atom stereocenters. The van der Waals surface area contributed by atoms with Crippen LogP contribution in [-0.2, 0) is 13.1 Å². The fraction of sp³-hybridized carbons (Fsp3) is 0.500. The van der Waals surface area contributed by atoms with Gasteiger partial charge in [-0.15, -0.1) is 0 Å². The zero-order valence-corrected chi connectivity index (χ0v) is 19.2. The van der Waals surface area contributed by atoms with Crippen molar-refractivity contribution in [3.8, 4) is 11.5 Å². The number of nitrogens with zero attached hydrogens (tertiary/aromatic N) is 1. The Morgan fingerprint density at radius 1 is 0.897 bits per heavy atom. The van der Waals surface area contributed by atoms with Crippen LogP contribution < -0.4 is 15.2 Å². The van der Waals surface area contributed by atoms with E-state index in [0.717, 1.165) is 54.0 Å². The largest absolute Gasteiger partial charge is 0.497 e. The molecule has 1 aliphatic rings. The molecule has 0 spiro atoms. The maximum atomic E-state index is 5.88. The van der Waals surface area contributed by atoms with Crippen molar-refractivity contribution in [3.05, 3.63) is 58.1 Å². The fourth-order valence-corrected chi connectivity index (χ4v) is 4.84. The van der Waals surface area contributed by atoms with Gasteiger partial charge in [-0.3, -0.25) is 4.90 Å². The number of hydrogen-bond acceptors (Lipinski definition) is 4. The van der Waals surface area contributed by atoms with Crippen LogP contribution in [0.5, 0.6) is 11.5 Å². The molecule has 0 heterocycles. The van der Waals surface area contributed by atoms with Crippen molar-refractivity contribution in [3.63, 3.8) is 0 Å². The van der Waals surface area contributed by atoms with Gasteiger partial charge in [0.2, 0.25) is 0 Å². The zero-order chi connectivity index (χ0) is 20.6. The molecule has 0 aliphatic heterocycles. The molecular formula is C24H33BrN2O2. The summed E-state index contributed by atoms with van der Waals surface area (Å²) >= 11 is 3.62. The summed E-state index contributed by atoms with van der Waals surface area (Å²) in [6, 6.07) is 14.8. The van der Waals surface area contributed by atoms with Gasteiger partial charge in [-0.1, -0.05) is 18.2 Å². The first-order chi connectivity index (χ1) is 14.1. The van der Waals surface area contributed by atoms with Gasteiger partial charge in [-0.2, -0.15) is 0 Å². The molecule has 1 saturated carbocycles. The molecule has 5 heteroatoms. The third-order valence-corrected chi connectivity index (χ3v) is 6.62. The van der Waals surface area contributed by atoms with Crippen molar-refractivity contribution in [1.82, 2.24) is 4.90 Å². The smallest absolute Gasteiger partial charge is 0.133 e. The number of nitrogens with two attached hydrogens (primary N) is 1. The van der Waals surface area contributed by atoms with Crippen LogP contribution in [0.3, 0.4) is 0 Å². The minimum absolute atomic E-state index is 0.721. The SMILES string of the molecule is COc1ccc(CN(Cc2ccc(OC)c(Br)c2)CC2CCC(CN)CC2)cc1. The lowest BCUT2D eigenvalue weighted by atomic mass is 9.82. The van der Waals surface area contributed by atoms with E-state index in [1.54, 1.807) is 14.2 Å². The average molecular weight is 461 g/mol. The molecule has 1 fully saturated rings. The van der Waals surface area contributed by atoms with Crippen LogP contribution in [0.4, 0.5) is 0 Å². The summed E-state index contributed by atoms with van der Waals surface area (Å²) in [6.45, 7) is 3.81. The Bertz CT molecular complexity index is 758. The van der Waals surface area contributed by atoms with Crippen LogP contribution in [-0.4, -0.2) is 32.2 Å². The molecule has 2 N–H and O–H groups in total. The number of ether oxygens (including phenoxy) is 2. The van der Waals surface area contributed by atoms with Crippen molar-refractivity contribution < 1.29 is 9.47 Å². The lowest BCUT2D eigenvalue weighted by Crippen LogP contribution is -2.32. The predicted octanol–water partition coefficient (Wildman–Crippen LogP) is 5.23. The summed E-state index contributed by atoms with van der Waals surface area (Å²) < 4.78 is 11.7. The highest BCUT2D eigenvalue weighted by molar-refractivity contribution is 9.10. The highest BCUT2D eigenvalue weighted by atomic mass is 79.9. The highest BCUT2D eigenvalue weighted by Crippen LogP contribution is 2.30. The van der Waals surface area contributed by atoms with Gasteiger partial charge in [0, 0.05) is 19.6 Å². The van der Waals surface area contributed by atoms with Gasteiger partial charge >= 0.3 is 0 Å². The van der Waals surface area contributed by atoms with E-state index in [9.17, 15) is 0 Å². The Hall–Kier alpha value is -1.56. The van der Waals surface area contributed by atoms with Crippen LogP contribution in [0.2, 0.25) is 0 Å². The number of hydrogen-bond donors (Lipinski definition) is 1. The average Bonchev–Trinajstić information content (AvgIpc) is 2.75. The number of methoxy groups -OCH3 is 2. The van der Waals surface area contributed by atoms with Crippen LogP contribution in [0, 0.1) is 11.8 Å². The Balaban J connectivity index is 1.70. The monoisotopic (exact) mass is 460 g/mol. The molecule has 0 aromatic heterocycles. The summed E-state index contributed by atoms with van der Waals surface area (Å²) in [5.74, 6) is 3.24. The minimum Gasteiger partial charge on any atom is -0.497 e. The molecule has 158 valence electrons. The van der Waals surface area contributed by atoms with Crippen LogP contribution in [0.1, 0.15) is 36.8 Å². The standard InChI is InChI=1S/C24H33BrN2O2/c1-28-22-10-7-20(8-11-22)16-27(15-19-5-3-18(14-26)4-6-19)17-21-9-12-24(29-2)23(25)13-21/h7-13,18-19H,3-6,14-17,26H2,1-2H3. The normalized spacial score (nSPS) is 19.3. The molecule has 0 amide bonds. The number of benzene rings is 2. The molecule has 0 radical (unpaired) electrons. The Morgan fingerprint density at radius 3 is 2.10 bits per heavy atom. The topological polar surface area (TPSA) is 47.7 Å². The highest BCUT2D eigenvalue weighted by Gasteiger charge is 2.22. The van der Waals surface area contributed by atoms with Crippen molar-refractivity contribution in [1.29, 1.82) is 0 Å². The van der Waals surface area contributed by atoms with Crippen molar-refractivity contribution >= 4 is 15.9 Å². The van der Waals surface area contributed by atoms with Gasteiger partial charge < -0.3 is 15.2 Å². The first-order valence-corrected chi connectivity index (χ1v) is 11.3. The molecule has 0 saturated heterocycles. The third-order valence-electron chi connectivity index (χ3n) is 6.00. The molecular weight excluding hydrogens is 428 g/mol. The van der Waals surface area contributed by atoms with Crippen LogP contribution in [0.25, 0.3) is 0 Å². The van der Waals surface area contributed by atoms with Gasteiger partial charge in [0.05, 0.1) is 18.7 Å². The molecule has 1 aliphatic carbocycles. The first-order valence-electron chi connectivity index (χ1n) is 10.5. The fourth-order valence-electron chi connectivity index (χ4n) is 4.26. The zero-order valence-electron chi connectivity index (χ0n) is 17.6. The molecule has 2 aromatic rings. The molecule has 29 heavy (non-hydrogen) atoms. The Kier molecular flexibility index (Phi) is 8.40. The van der Waals surface area contributed by atoms with Gasteiger partial charge in [0.25, 0.3) is 0 Å². The van der Waals surface area contributed by atoms with Crippen molar-refractivity contribution in [2.45, 2.75) is 38.8 Å². The van der Waals surface area contributed by atoms with E-state index >= 15 is 0 Å². The second kappa shape index (κ2) is 11.0. The van der Waals surface area contributed by atoms with E-state index in [1.165, 1.54) is 36.8 Å². The Labute approximate surface area is 183 Å². The summed E-state index contributed by atoms with van der Waals surface area (Å²) in [4.78, 5) is 2.57. The van der Waals surface area contributed by atoms with E-state index in [2.05, 4.69) is 45.1 Å². The van der Waals surface area contributed by atoms with E-state index < -0.39 is 0 Å². The van der Waals surface area contributed by atoms with E-state index in [4.69, 9.17) is 15.2 Å². The van der Waals surface area contributed by atoms with Gasteiger partial charge in [-0.05, 0) is 95.4 Å². The summed E-state index contributed by atoms with van der Waals surface area (Å²) in [5, 5.41) is 0. The Morgan fingerprint density at radius 2 is 1.52 bits per heavy atom. The maximum Gasteiger partial charge on any atom is 0.133 e. The lowest BCUT2D eigenvalue weighted by Gasteiger charge is -2.32. The van der Waals surface area contributed by atoms with E-state index in [0.29, 0.717) is 0 Å². The maximum absolute atomic E-state index is 5.88. The van der Waals surface area contributed by atoms with E-state index in [-0.39, 0.29) is 0 Å². The van der Waals surface area contributed by atoms with Crippen LogP contribution >= 0.6 is 15.9 Å². The van der Waals surface area contributed by atoms with Gasteiger partial charge in [-0.25, -0.2) is 0 Å².